The number of rotatable bonds is 3. The van der Waals surface area contributed by atoms with Crippen molar-refractivity contribution in [2.45, 2.75) is 32.4 Å². The molecule has 5 heteroatoms. The second-order valence-electron chi connectivity index (χ2n) is 5.56. The zero-order valence-corrected chi connectivity index (χ0v) is 12.6. The van der Waals surface area contributed by atoms with Gasteiger partial charge in [-0.25, -0.2) is 9.18 Å². The van der Waals surface area contributed by atoms with Crippen LogP contribution in [0, 0.1) is 5.82 Å². The molecule has 2 heterocycles. The van der Waals surface area contributed by atoms with E-state index in [9.17, 15) is 9.18 Å². The lowest BCUT2D eigenvalue weighted by Gasteiger charge is -2.37. The molecule has 1 aliphatic rings. The molecule has 1 aromatic heterocycles. The zero-order valence-electron chi connectivity index (χ0n) is 12.6. The van der Waals surface area contributed by atoms with Gasteiger partial charge in [0.15, 0.2) is 0 Å². The fourth-order valence-electron chi connectivity index (χ4n) is 3.05. The molecule has 2 aromatic rings. The molecular weight excluding hydrogens is 281 g/mol. The van der Waals surface area contributed by atoms with Crippen LogP contribution in [-0.4, -0.2) is 22.0 Å². The largest absolute Gasteiger partial charge is 0.348 e. The third-order valence-electron chi connectivity index (χ3n) is 4.06. The highest BCUT2D eigenvalue weighted by Crippen LogP contribution is 2.30. The van der Waals surface area contributed by atoms with Crippen LogP contribution in [0.1, 0.15) is 31.5 Å². The molecule has 0 spiro atoms. The zero-order chi connectivity index (χ0) is 15.5. The summed E-state index contributed by atoms with van der Waals surface area (Å²) in [5.74, 6) is -0.351. The first kappa shape index (κ1) is 14.6. The number of nitrogens with zero attached hydrogens (tertiary/aromatic N) is 2. The number of hydrogen-bond donors (Lipinski definition) is 1. The van der Waals surface area contributed by atoms with Gasteiger partial charge in [0.25, 0.3) is 0 Å². The molecule has 2 amide bonds. The van der Waals surface area contributed by atoms with Crippen LogP contribution in [0.25, 0.3) is 0 Å². The van der Waals surface area contributed by atoms with Crippen LogP contribution < -0.4 is 5.32 Å². The second-order valence-corrected chi connectivity index (χ2v) is 5.56. The Morgan fingerprint density at radius 2 is 2.18 bits per heavy atom. The van der Waals surface area contributed by atoms with Crippen molar-refractivity contribution in [1.82, 2.24) is 9.47 Å². The SMILES string of the molecule is CCC[C@H]1c2cccn2CCN1C(=O)Nc1cccc(F)c1. The summed E-state index contributed by atoms with van der Waals surface area (Å²) in [6, 6.07) is 9.98. The number of fused-ring (bicyclic) bond motifs is 1. The maximum Gasteiger partial charge on any atom is 0.322 e. The van der Waals surface area contributed by atoms with Gasteiger partial charge in [0, 0.05) is 30.7 Å². The van der Waals surface area contributed by atoms with Crippen LogP contribution in [0.3, 0.4) is 0 Å². The second kappa shape index (κ2) is 6.22. The normalized spacial score (nSPS) is 17.2. The highest BCUT2D eigenvalue weighted by molar-refractivity contribution is 5.89. The van der Waals surface area contributed by atoms with Crippen LogP contribution in [0.2, 0.25) is 0 Å². The fourth-order valence-corrected chi connectivity index (χ4v) is 3.05. The van der Waals surface area contributed by atoms with Gasteiger partial charge in [-0.15, -0.1) is 0 Å². The number of amides is 2. The summed E-state index contributed by atoms with van der Waals surface area (Å²) < 4.78 is 15.4. The first-order chi connectivity index (χ1) is 10.7. The maximum absolute atomic E-state index is 13.2. The van der Waals surface area contributed by atoms with E-state index in [1.165, 1.54) is 17.8 Å². The Hall–Kier alpha value is -2.30. The molecule has 0 unspecified atom stereocenters. The van der Waals surface area contributed by atoms with Crippen LogP contribution in [0.4, 0.5) is 14.9 Å². The van der Waals surface area contributed by atoms with Crippen LogP contribution in [-0.2, 0) is 6.54 Å². The van der Waals surface area contributed by atoms with E-state index in [0.29, 0.717) is 12.2 Å². The van der Waals surface area contributed by atoms with Crippen molar-refractivity contribution in [2.24, 2.45) is 0 Å². The number of halogens is 1. The molecule has 1 N–H and O–H groups in total. The summed E-state index contributed by atoms with van der Waals surface area (Å²) >= 11 is 0. The molecule has 0 saturated carbocycles. The summed E-state index contributed by atoms with van der Waals surface area (Å²) in [7, 11) is 0. The minimum atomic E-state index is -0.351. The van der Waals surface area contributed by atoms with E-state index in [4.69, 9.17) is 0 Å². The van der Waals surface area contributed by atoms with Gasteiger partial charge in [-0.3, -0.25) is 0 Å². The molecule has 116 valence electrons. The Morgan fingerprint density at radius 1 is 1.32 bits per heavy atom. The van der Waals surface area contributed by atoms with Crippen molar-refractivity contribution >= 4 is 11.7 Å². The van der Waals surface area contributed by atoms with Gasteiger partial charge >= 0.3 is 6.03 Å². The van der Waals surface area contributed by atoms with Gasteiger partial charge in [0.2, 0.25) is 0 Å². The van der Waals surface area contributed by atoms with Crippen LogP contribution in [0.5, 0.6) is 0 Å². The van der Waals surface area contributed by atoms with Gasteiger partial charge in [0.05, 0.1) is 6.04 Å². The first-order valence-corrected chi connectivity index (χ1v) is 7.67. The molecule has 22 heavy (non-hydrogen) atoms. The third kappa shape index (κ3) is 2.84. The molecule has 0 fully saturated rings. The molecular formula is C17H20FN3O. The van der Waals surface area contributed by atoms with E-state index >= 15 is 0 Å². The lowest BCUT2D eigenvalue weighted by molar-refractivity contribution is 0.163. The Kier molecular flexibility index (Phi) is 4.13. The van der Waals surface area contributed by atoms with E-state index in [0.717, 1.165) is 19.4 Å². The standard InChI is InChI=1S/C17H20FN3O/c1-2-5-16-15-8-4-9-20(15)10-11-21(16)17(22)19-14-7-3-6-13(18)12-14/h3-4,6-9,12,16H,2,5,10-11H2,1H3,(H,19,22)/t16-/m0/s1. The van der Waals surface area contributed by atoms with Crippen molar-refractivity contribution in [2.75, 3.05) is 11.9 Å². The average Bonchev–Trinajstić information content (AvgIpc) is 2.96. The van der Waals surface area contributed by atoms with Crippen molar-refractivity contribution in [1.29, 1.82) is 0 Å². The average molecular weight is 301 g/mol. The molecule has 0 bridgehead atoms. The predicted octanol–water partition coefficient (Wildman–Crippen LogP) is 4.02. The van der Waals surface area contributed by atoms with E-state index < -0.39 is 0 Å². The Balaban J connectivity index is 1.79. The smallest absolute Gasteiger partial charge is 0.322 e. The van der Waals surface area contributed by atoms with Gasteiger partial charge in [-0.05, 0) is 36.8 Å². The fraction of sp³-hybridized carbons (Fsp3) is 0.353. The van der Waals surface area contributed by atoms with Gasteiger partial charge in [-0.1, -0.05) is 19.4 Å². The summed E-state index contributed by atoms with van der Waals surface area (Å²) in [5.41, 5.74) is 1.66. The van der Waals surface area contributed by atoms with Crippen LogP contribution in [0.15, 0.2) is 42.6 Å². The number of hydrogen-bond acceptors (Lipinski definition) is 1. The quantitative estimate of drug-likeness (QED) is 0.913. The predicted molar refractivity (Wildman–Crippen MR) is 84.2 cm³/mol. The number of nitrogens with one attached hydrogen (secondary N) is 1. The molecule has 0 saturated heterocycles. The number of urea groups is 1. The molecule has 3 rings (SSSR count). The maximum atomic E-state index is 13.2. The van der Waals surface area contributed by atoms with Crippen molar-refractivity contribution in [3.05, 3.63) is 54.1 Å². The lowest BCUT2D eigenvalue weighted by Crippen LogP contribution is -2.44. The number of benzene rings is 1. The molecule has 1 atom stereocenters. The number of carbonyl (C=O) groups excluding carboxylic acids is 1. The Labute approximate surface area is 129 Å². The lowest BCUT2D eigenvalue weighted by atomic mass is 10.0. The third-order valence-corrected chi connectivity index (χ3v) is 4.06. The first-order valence-electron chi connectivity index (χ1n) is 7.67. The van der Waals surface area contributed by atoms with Gasteiger partial charge in [-0.2, -0.15) is 0 Å². The van der Waals surface area contributed by atoms with E-state index in [-0.39, 0.29) is 17.9 Å². The van der Waals surface area contributed by atoms with Crippen molar-refractivity contribution < 1.29 is 9.18 Å². The van der Waals surface area contributed by atoms with Crippen LogP contribution >= 0.6 is 0 Å². The topological polar surface area (TPSA) is 37.3 Å². The number of aromatic nitrogens is 1. The summed E-state index contributed by atoms with van der Waals surface area (Å²) in [6.45, 7) is 3.57. The van der Waals surface area contributed by atoms with Crippen molar-refractivity contribution in [3.8, 4) is 0 Å². The monoisotopic (exact) mass is 301 g/mol. The molecule has 1 aliphatic heterocycles. The van der Waals surface area contributed by atoms with E-state index in [2.05, 4.69) is 29.1 Å². The van der Waals surface area contributed by atoms with Gasteiger partial charge < -0.3 is 14.8 Å². The highest BCUT2D eigenvalue weighted by atomic mass is 19.1. The number of anilines is 1. The highest BCUT2D eigenvalue weighted by Gasteiger charge is 2.30. The molecule has 0 aliphatic carbocycles. The van der Waals surface area contributed by atoms with Crippen molar-refractivity contribution in [3.63, 3.8) is 0 Å². The summed E-state index contributed by atoms with van der Waals surface area (Å²) in [4.78, 5) is 14.4. The molecule has 0 radical (unpaired) electrons. The van der Waals surface area contributed by atoms with E-state index in [1.807, 2.05) is 11.0 Å². The molecule has 4 nitrogen and oxygen atoms in total. The summed E-state index contributed by atoms with van der Waals surface area (Å²) in [5, 5.41) is 2.80. The Morgan fingerprint density at radius 3 is 2.95 bits per heavy atom. The number of carbonyl (C=O) groups is 1. The summed E-state index contributed by atoms with van der Waals surface area (Å²) in [6.07, 6.45) is 3.97. The minimum absolute atomic E-state index is 0.0716. The Bertz CT molecular complexity index is 667. The molecule has 1 aromatic carbocycles. The van der Waals surface area contributed by atoms with Gasteiger partial charge in [0.1, 0.15) is 5.82 Å². The van der Waals surface area contributed by atoms with E-state index in [1.54, 1.807) is 12.1 Å². The minimum Gasteiger partial charge on any atom is -0.348 e.